The van der Waals surface area contributed by atoms with Gasteiger partial charge in [-0.2, -0.15) is 16.8 Å². The summed E-state index contributed by atoms with van der Waals surface area (Å²) in [4.78, 5) is 0. The van der Waals surface area contributed by atoms with Crippen molar-refractivity contribution in [3.8, 4) is 0 Å². The molecule has 1 aromatic carbocycles. The minimum atomic E-state index is -4.12. The molecule has 0 aliphatic carbocycles. The van der Waals surface area contributed by atoms with Crippen molar-refractivity contribution in [1.29, 1.82) is 0 Å². The van der Waals surface area contributed by atoms with E-state index >= 15 is 0 Å². The van der Waals surface area contributed by atoms with Crippen molar-refractivity contribution >= 4 is 20.2 Å². The number of hydrogen-bond acceptors (Lipinski definition) is 6. The van der Waals surface area contributed by atoms with Crippen LogP contribution in [0.1, 0.15) is 25.5 Å². The minimum absolute atomic E-state index is 0.472. The fourth-order valence-corrected chi connectivity index (χ4v) is 2.90. The van der Waals surface area contributed by atoms with Gasteiger partial charge in [0.1, 0.15) is 11.5 Å². The van der Waals surface area contributed by atoms with Crippen molar-refractivity contribution in [2.45, 2.75) is 25.6 Å². The second kappa shape index (κ2) is 7.99. The van der Waals surface area contributed by atoms with Crippen LogP contribution in [0.3, 0.4) is 0 Å². The molecule has 4 N–H and O–H groups in total. The molecule has 1 atom stereocenters. The van der Waals surface area contributed by atoms with Crippen LogP contribution in [-0.2, 0) is 20.2 Å². The zero-order chi connectivity index (χ0) is 17.6. The van der Waals surface area contributed by atoms with Gasteiger partial charge in [-0.25, -0.2) is 0 Å². The number of aliphatic hydroxyl groups excluding tert-OH is 1. The van der Waals surface area contributed by atoms with Gasteiger partial charge >= 0.3 is 0 Å². The third kappa shape index (κ3) is 12.7. The lowest BCUT2D eigenvalue weighted by molar-refractivity contribution is 0.103. The fraction of sp³-hybridized carbons (Fsp3) is 0.500. The molecule has 1 aromatic rings. The molecule has 22 heavy (non-hydrogen) atoms. The summed E-state index contributed by atoms with van der Waals surface area (Å²) < 4.78 is 57.5. The summed E-state index contributed by atoms with van der Waals surface area (Å²) in [6, 6.07) is 8.31. The molecule has 8 nitrogen and oxygen atoms in total. The van der Waals surface area contributed by atoms with Gasteiger partial charge in [-0.3, -0.25) is 9.11 Å². The number of hydrogen-bond donors (Lipinski definition) is 4. The van der Waals surface area contributed by atoms with Crippen LogP contribution in [0, 0.1) is 0 Å². The summed E-state index contributed by atoms with van der Waals surface area (Å²) in [5, 5.41) is 18.1. The van der Waals surface area contributed by atoms with E-state index in [1.807, 2.05) is 0 Å². The molecule has 10 heteroatoms. The van der Waals surface area contributed by atoms with E-state index in [0.717, 1.165) is 0 Å². The van der Waals surface area contributed by atoms with E-state index < -0.39 is 43.4 Å². The average Bonchev–Trinajstić information content (AvgIpc) is 2.23. The Morgan fingerprint density at radius 3 is 1.73 bits per heavy atom. The molecule has 0 fully saturated rings. The van der Waals surface area contributed by atoms with Gasteiger partial charge < -0.3 is 10.2 Å². The molecule has 0 bridgehead atoms. The number of rotatable bonds is 5. The Kier molecular flexibility index (Phi) is 7.62. The Balaban J connectivity index is 0.000000433. The maximum absolute atomic E-state index is 10.4. The molecule has 0 aromatic heterocycles. The van der Waals surface area contributed by atoms with E-state index in [1.165, 1.54) is 13.8 Å². The topological polar surface area (TPSA) is 149 Å². The standard InChI is InChI=1S/C8H10O4S.C4H10O4S/c9-8(6-13(10,11)12)7-4-2-1-3-5-7;1-4(2,5)3-9(6,7)8/h1-5,8-9H,6H2,(H,10,11,12);5H,3H2,1-2H3,(H,6,7,8). The Hall–Kier alpha value is -1.04. The Morgan fingerprint density at radius 1 is 1.00 bits per heavy atom. The van der Waals surface area contributed by atoms with Gasteiger partial charge in [-0.15, -0.1) is 0 Å². The van der Waals surface area contributed by atoms with E-state index in [4.69, 9.17) is 14.2 Å². The highest BCUT2D eigenvalue weighted by molar-refractivity contribution is 7.86. The van der Waals surface area contributed by atoms with Crippen LogP contribution in [0.2, 0.25) is 0 Å². The summed E-state index contributed by atoms with van der Waals surface area (Å²) in [5.74, 6) is -1.29. The Bertz CT molecular complexity index is 644. The zero-order valence-corrected chi connectivity index (χ0v) is 13.7. The molecule has 0 saturated carbocycles. The summed E-state index contributed by atoms with van der Waals surface area (Å²) >= 11 is 0. The Morgan fingerprint density at radius 2 is 1.45 bits per heavy atom. The summed E-state index contributed by atoms with van der Waals surface area (Å²) in [6.07, 6.45) is -1.17. The number of benzene rings is 1. The highest BCUT2D eigenvalue weighted by atomic mass is 32.2. The zero-order valence-electron chi connectivity index (χ0n) is 12.1. The first-order valence-corrected chi connectivity index (χ1v) is 9.27. The molecule has 0 heterocycles. The second-order valence-electron chi connectivity index (χ2n) is 5.21. The molecule has 0 saturated heterocycles. The molecule has 0 radical (unpaired) electrons. The summed E-state index contributed by atoms with van der Waals surface area (Å²) in [5.41, 5.74) is -0.881. The lowest BCUT2D eigenvalue weighted by atomic mass is 10.1. The van der Waals surface area contributed by atoms with Gasteiger partial charge in [0.05, 0.1) is 11.7 Å². The van der Waals surface area contributed by atoms with Crippen LogP contribution in [0.25, 0.3) is 0 Å². The minimum Gasteiger partial charge on any atom is -0.389 e. The van der Waals surface area contributed by atoms with Crippen molar-refractivity contribution < 1.29 is 36.2 Å². The smallest absolute Gasteiger partial charge is 0.267 e. The van der Waals surface area contributed by atoms with Crippen LogP contribution >= 0.6 is 0 Å². The molecular weight excluding hydrogens is 336 g/mol. The van der Waals surface area contributed by atoms with E-state index in [9.17, 15) is 21.9 Å². The molecule has 128 valence electrons. The van der Waals surface area contributed by atoms with Gasteiger partial charge in [0.15, 0.2) is 0 Å². The SMILES string of the molecule is CC(C)(O)CS(=O)(=O)O.O=S(=O)(O)CC(O)c1ccccc1. The summed E-state index contributed by atoms with van der Waals surface area (Å²) in [6.45, 7) is 2.61. The first kappa shape index (κ1) is 21.0. The van der Waals surface area contributed by atoms with Crippen molar-refractivity contribution in [3.63, 3.8) is 0 Å². The predicted octanol–water partition coefficient (Wildman–Crippen LogP) is 0.253. The number of aliphatic hydroxyl groups is 2. The first-order chi connectivity index (χ1) is 9.70. The lowest BCUT2D eigenvalue weighted by Crippen LogP contribution is -2.29. The Labute approximate surface area is 129 Å². The highest BCUT2D eigenvalue weighted by Crippen LogP contribution is 2.13. The van der Waals surface area contributed by atoms with Gasteiger partial charge in [0, 0.05) is 0 Å². The monoisotopic (exact) mass is 356 g/mol. The van der Waals surface area contributed by atoms with Crippen LogP contribution in [-0.4, -0.2) is 53.3 Å². The molecular formula is C12H20O8S2. The van der Waals surface area contributed by atoms with Gasteiger partial charge in [-0.05, 0) is 19.4 Å². The first-order valence-electron chi connectivity index (χ1n) is 6.05. The van der Waals surface area contributed by atoms with E-state index in [0.29, 0.717) is 5.56 Å². The van der Waals surface area contributed by atoms with Crippen LogP contribution < -0.4 is 0 Å². The third-order valence-electron chi connectivity index (χ3n) is 2.09. The van der Waals surface area contributed by atoms with Gasteiger partial charge in [-0.1, -0.05) is 30.3 Å². The molecule has 0 spiro atoms. The van der Waals surface area contributed by atoms with E-state index in [-0.39, 0.29) is 0 Å². The maximum Gasteiger partial charge on any atom is 0.267 e. The maximum atomic E-state index is 10.4. The molecule has 0 aliphatic heterocycles. The average molecular weight is 356 g/mol. The predicted molar refractivity (Wildman–Crippen MR) is 80.5 cm³/mol. The van der Waals surface area contributed by atoms with Crippen LogP contribution in [0.15, 0.2) is 30.3 Å². The highest BCUT2D eigenvalue weighted by Gasteiger charge is 2.20. The quantitative estimate of drug-likeness (QED) is 0.549. The second-order valence-corrected chi connectivity index (χ2v) is 8.16. The fourth-order valence-electron chi connectivity index (χ4n) is 1.42. The molecule has 1 unspecified atom stereocenters. The third-order valence-corrected chi connectivity index (χ3v) is 3.90. The summed E-state index contributed by atoms with van der Waals surface area (Å²) in [7, 11) is -8.15. The largest absolute Gasteiger partial charge is 0.389 e. The van der Waals surface area contributed by atoms with Gasteiger partial charge in [0.25, 0.3) is 20.2 Å². The van der Waals surface area contributed by atoms with Crippen LogP contribution in [0.4, 0.5) is 0 Å². The molecule has 0 aliphatic rings. The van der Waals surface area contributed by atoms with E-state index in [1.54, 1.807) is 30.3 Å². The lowest BCUT2D eigenvalue weighted by Gasteiger charge is -2.13. The van der Waals surface area contributed by atoms with Crippen molar-refractivity contribution in [2.24, 2.45) is 0 Å². The van der Waals surface area contributed by atoms with Crippen LogP contribution in [0.5, 0.6) is 0 Å². The normalized spacial score (nSPS) is 13.9. The molecule has 1 rings (SSSR count). The van der Waals surface area contributed by atoms with Crippen molar-refractivity contribution in [3.05, 3.63) is 35.9 Å². The van der Waals surface area contributed by atoms with E-state index in [2.05, 4.69) is 0 Å². The van der Waals surface area contributed by atoms with Crippen molar-refractivity contribution in [1.82, 2.24) is 0 Å². The van der Waals surface area contributed by atoms with Crippen molar-refractivity contribution in [2.75, 3.05) is 11.5 Å². The molecule has 0 amide bonds. The van der Waals surface area contributed by atoms with Gasteiger partial charge in [0.2, 0.25) is 0 Å².